The largest absolute Gasteiger partial charge is 0.299 e. The van der Waals surface area contributed by atoms with Crippen LogP contribution in [0.5, 0.6) is 0 Å². The second kappa shape index (κ2) is 9.01. The zero-order valence-corrected chi connectivity index (χ0v) is 15.8. The molecular weight excluding hydrogens is 292 g/mol. The van der Waals surface area contributed by atoms with Gasteiger partial charge in [-0.1, -0.05) is 62.6 Å². The van der Waals surface area contributed by atoms with Crippen molar-refractivity contribution in [3.63, 3.8) is 0 Å². The minimum atomic E-state index is 0.387. The number of allylic oxidation sites excluding steroid dienone is 4. The number of rotatable bonds is 7. The van der Waals surface area contributed by atoms with Crippen LogP contribution in [0.1, 0.15) is 70.1 Å². The minimum Gasteiger partial charge on any atom is -0.299 e. The van der Waals surface area contributed by atoms with E-state index in [-0.39, 0.29) is 0 Å². The second-order valence-electron chi connectivity index (χ2n) is 7.19. The van der Waals surface area contributed by atoms with Crippen LogP contribution in [0.25, 0.3) is 0 Å². The fourth-order valence-corrected chi connectivity index (χ4v) is 3.64. The smallest absolute Gasteiger partial charge is 0.137 e. The summed E-state index contributed by atoms with van der Waals surface area (Å²) in [6.07, 6.45) is 11.1. The summed E-state index contributed by atoms with van der Waals surface area (Å²) in [5.41, 5.74) is 6.98. The van der Waals surface area contributed by atoms with E-state index in [0.717, 1.165) is 38.5 Å². The third kappa shape index (κ3) is 4.93. The number of hydrogen-bond acceptors (Lipinski definition) is 1. The molecule has 0 spiro atoms. The highest BCUT2D eigenvalue weighted by Gasteiger charge is 2.15. The molecule has 130 valence electrons. The maximum atomic E-state index is 12.4. The Kier molecular flexibility index (Phi) is 7.02. The maximum Gasteiger partial charge on any atom is 0.137 e. The number of aryl methyl sites for hydroxylation is 1. The summed E-state index contributed by atoms with van der Waals surface area (Å²) >= 11 is 0. The molecule has 0 atom stereocenters. The van der Waals surface area contributed by atoms with Crippen molar-refractivity contribution in [1.82, 2.24) is 0 Å². The molecule has 0 aliphatic heterocycles. The highest BCUT2D eigenvalue weighted by atomic mass is 16.1. The van der Waals surface area contributed by atoms with Crippen LogP contribution in [0.15, 0.2) is 41.5 Å². The van der Waals surface area contributed by atoms with Crippen molar-refractivity contribution >= 4 is 5.78 Å². The number of hydrogen-bond donors (Lipinski definition) is 0. The predicted molar refractivity (Wildman–Crippen MR) is 103 cm³/mol. The third-order valence-corrected chi connectivity index (χ3v) is 5.41. The molecule has 0 radical (unpaired) electrons. The Balaban J connectivity index is 2.13. The summed E-state index contributed by atoms with van der Waals surface area (Å²) in [7, 11) is 0. The highest BCUT2D eigenvalue weighted by Crippen LogP contribution is 2.27. The number of fused-ring (bicyclic) bond motifs is 1. The Morgan fingerprint density at radius 1 is 1.17 bits per heavy atom. The molecule has 1 aromatic rings. The van der Waals surface area contributed by atoms with Gasteiger partial charge in [-0.25, -0.2) is 0 Å². The first-order valence-electron chi connectivity index (χ1n) is 9.51. The van der Waals surface area contributed by atoms with Gasteiger partial charge in [0.2, 0.25) is 0 Å². The molecule has 0 heterocycles. The summed E-state index contributed by atoms with van der Waals surface area (Å²) < 4.78 is 0. The van der Waals surface area contributed by atoms with Gasteiger partial charge in [-0.2, -0.15) is 0 Å². The van der Waals surface area contributed by atoms with Crippen LogP contribution in [0.3, 0.4) is 0 Å². The number of carbonyl (C=O) groups excluding carboxylic acids is 1. The van der Waals surface area contributed by atoms with E-state index in [4.69, 9.17) is 0 Å². The summed E-state index contributed by atoms with van der Waals surface area (Å²) in [5, 5.41) is 0. The second-order valence-corrected chi connectivity index (χ2v) is 7.19. The quantitative estimate of drug-likeness (QED) is 0.600. The zero-order chi connectivity index (χ0) is 17.5. The summed E-state index contributed by atoms with van der Waals surface area (Å²) in [5.74, 6) is 0.933. The first kappa shape index (κ1) is 18.7. The third-order valence-electron chi connectivity index (χ3n) is 5.41. The fourth-order valence-electron chi connectivity index (χ4n) is 3.64. The molecule has 1 aliphatic rings. The van der Waals surface area contributed by atoms with E-state index < -0.39 is 0 Å². The SMILES string of the molecule is C/C=C\C1=C(C)CCc2ccc(CC(=O)CC(CC)CC)cc2C1. The van der Waals surface area contributed by atoms with Crippen LogP contribution < -0.4 is 0 Å². The average molecular weight is 325 g/mol. The van der Waals surface area contributed by atoms with Crippen LogP contribution >= 0.6 is 0 Å². The molecule has 0 unspecified atom stereocenters. The van der Waals surface area contributed by atoms with E-state index in [1.165, 1.54) is 27.8 Å². The predicted octanol–water partition coefficient (Wildman–Crippen LogP) is 6.01. The molecule has 2 rings (SSSR count). The van der Waals surface area contributed by atoms with Crippen LogP contribution in [0.2, 0.25) is 0 Å². The topological polar surface area (TPSA) is 17.1 Å². The molecule has 1 aromatic carbocycles. The molecule has 1 heteroatoms. The summed E-state index contributed by atoms with van der Waals surface area (Å²) in [4.78, 5) is 12.4. The van der Waals surface area contributed by atoms with Crippen LogP contribution in [-0.2, 0) is 24.1 Å². The lowest BCUT2D eigenvalue weighted by Gasteiger charge is -2.12. The van der Waals surface area contributed by atoms with Gasteiger partial charge in [0.15, 0.2) is 0 Å². The van der Waals surface area contributed by atoms with Gasteiger partial charge in [0.05, 0.1) is 0 Å². The molecule has 0 N–H and O–H groups in total. The number of benzene rings is 1. The van der Waals surface area contributed by atoms with Gasteiger partial charge in [-0.05, 0) is 61.3 Å². The lowest BCUT2D eigenvalue weighted by atomic mass is 9.92. The molecule has 0 saturated heterocycles. The van der Waals surface area contributed by atoms with Crippen LogP contribution in [-0.4, -0.2) is 5.78 Å². The maximum absolute atomic E-state index is 12.4. The van der Waals surface area contributed by atoms with E-state index >= 15 is 0 Å². The van der Waals surface area contributed by atoms with E-state index in [0.29, 0.717) is 18.1 Å². The monoisotopic (exact) mass is 324 g/mol. The van der Waals surface area contributed by atoms with Crippen molar-refractivity contribution in [3.05, 3.63) is 58.2 Å². The molecule has 1 nitrogen and oxygen atoms in total. The summed E-state index contributed by atoms with van der Waals surface area (Å²) in [6.45, 7) is 8.70. The molecule has 24 heavy (non-hydrogen) atoms. The van der Waals surface area contributed by atoms with Crippen molar-refractivity contribution in [2.24, 2.45) is 5.92 Å². The molecule has 0 bridgehead atoms. The molecule has 0 aromatic heterocycles. The Hall–Kier alpha value is -1.63. The molecule has 1 aliphatic carbocycles. The van der Waals surface area contributed by atoms with Gasteiger partial charge in [0.25, 0.3) is 0 Å². The standard InChI is InChI=1S/C23H32O/c1-5-8-21-16-22-13-19(10-12-20(22)11-9-17(21)4)15-23(24)14-18(6-2)7-3/h5,8,10,12-13,18H,6-7,9,11,14-16H2,1-4H3/b8-5-. The van der Waals surface area contributed by atoms with Crippen LogP contribution in [0, 0.1) is 5.92 Å². The average Bonchev–Trinajstić information content (AvgIpc) is 2.72. The van der Waals surface area contributed by atoms with Crippen molar-refractivity contribution in [1.29, 1.82) is 0 Å². The first-order chi connectivity index (χ1) is 11.6. The van der Waals surface area contributed by atoms with Gasteiger partial charge in [-0.3, -0.25) is 4.79 Å². The minimum absolute atomic E-state index is 0.387. The first-order valence-corrected chi connectivity index (χ1v) is 9.51. The number of ketones is 1. The van der Waals surface area contributed by atoms with Gasteiger partial charge >= 0.3 is 0 Å². The van der Waals surface area contributed by atoms with Gasteiger partial charge in [0.1, 0.15) is 5.78 Å². The highest BCUT2D eigenvalue weighted by molar-refractivity contribution is 5.81. The van der Waals surface area contributed by atoms with Gasteiger partial charge in [0, 0.05) is 12.8 Å². The Bertz CT molecular complexity index is 629. The van der Waals surface area contributed by atoms with Crippen molar-refractivity contribution < 1.29 is 4.79 Å². The van der Waals surface area contributed by atoms with Gasteiger partial charge < -0.3 is 0 Å². The summed E-state index contributed by atoms with van der Waals surface area (Å²) in [6, 6.07) is 6.70. The van der Waals surface area contributed by atoms with Crippen molar-refractivity contribution in [3.8, 4) is 0 Å². The molecule has 0 saturated carbocycles. The lowest BCUT2D eigenvalue weighted by Crippen LogP contribution is -2.10. The number of carbonyl (C=O) groups is 1. The van der Waals surface area contributed by atoms with E-state index in [9.17, 15) is 4.79 Å². The number of Topliss-reactive ketones (excluding diaryl/α,β-unsaturated/α-hetero) is 1. The van der Waals surface area contributed by atoms with Crippen LogP contribution in [0.4, 0.5) is 0 Å². The lowest BCUT2D eigenvalue weighted by molar-refractivity contribution is -0.119. The Morgan fingerprint density at radius 2 is 1.92 bits per heavy atom. The van der Waals surface area contributed by atoms with Crippen molar-refractivity contribution in [2.75, 3.05) is 0 Å². The van der Waals surface area contributed by atoms with Crippen molar-refractivity contribution in [2.45, 2.75) is 72.6 Å². The normalized spacial score (nSPS) is 15.0. The molecule has 0 amide bonds. The zero-order valence-electron chi connectivity index (χ0n) is 15.8. The van der Waals surface area contributed by atoms with E-state index in [1.807, 2.05) is 0 Å². The van der Waals surface area contributed by atoms with Gasteiger partial charge in [-0.15, -0.1) is 0 Å². The Labute approximate surface area is 147 Å². The molecular formula is C23H32O. The fraction of sp³-hybridized carbons (Fsp3) is 0.522. The van der Waals surface area contributed by atoms with E-state index in [2.05, 4.69) is 58.0 Å². The molecule has 0 fully saturated rings. The Morgan fingerprint density at radius 3 is 2.58 bits per heavy atom. The van der Waals surface area contributed by atoms with E-state index in [1.54, 1.807) is 0 Å².